The van der Waals surface area contributed by atoms with Crippen LogP contribution in [0.1, 0.15) is 38.2 Å². The Morgan fingerprint density at radius 3 is 2.54 bits per heavy atom. The number of unbranched alkanes of at least 4 members (excludes halogenated alkanes) is 2. The fourth-order valence-corrected chi connectivity index (χ4v) is 3.45. The molecule has 0 aliphatic carbocycles. The lowest BCUT2D eigenvalue weighted by Gasteiger charge is -2.16. The van der Waals surface area contributed by atoms with Gasteiger partial charge in [-0.1, -0.05) is 18.0 Å². The first-order valence-electron chi connectivity index (χ1n) is 10.9. The normalized spacial score (nSPS) is 11.5. The predicted octanol–water partition coefficient (Wildman–Crippen LogP) is 1.81. The second-order valence-electron chi connectivity index (χ2n) is 7.74. The Bertz CT molecular complexity index is 956. The van der Waals surface area contributed by atoms with Crippen molar-refractivity contribution in [2.24, 2.45) is 0 Å². The quantitative estimate of drug-likeness (QED) is 0.0821. The Labute approximate surface area is 214 Å². The molecular weight excluding hydrogens is 496 g/mol. The van der Waals surface area contributed by atoms with Crippen LogP contribution in [0.25, 0.3) is 0 Å². The van der Waals surface area contributed by atoms with E-state index >= 15 is 0 Å². The van der Waals surface area contributed by atoms with Gasteiger partial charge in [0.15, 0.2) is 0 Å². The van der Waals surface area contributed by atoms with Crippen molar-refractivity contribution in [1.82, 2.24) is 15.5 Å². The van der Waals surface area contributed by atoms with Crippen LogP contribution in [-0.4, -0.2) is 66.1 Å². The van der Waals surface area contributed by atoms with Crippen molar-refractivity contribution < 1.29 is 29.1 Å². The van der Waals surface area contributed by atoms with Crippen molar-refractivity contribution in [3.8, 4) is 5.75 Å². The van der Waals surface area contributed by atoms with Gasteiger partial charge in [0.25, 0.3) is 0 Å². The van der Waals surface area contributed by atoms with Crippen LogP contribution in [0.3, 0.4) is 0 Å². The van der Waals surface area contributed by atoms with E-state index < -0.39 is 17.9 Å². The molecule has 0 aliphatic rings. The minimum atomic E-state index is -0.928. The Kier molecular flexibility index (Phi) is 13.5. The predicted molar refractivity (Wildman–Crippen MR) is 136 cm³/mol. The van der Waals surface area contributed by atoms with Crippen molar-refractivity contribution in [1.29, 1.82) is 0 Å². The maximum atomic E-state index is 12.3. The first-order chi connectivity index (χ1) is 16.6. The summed E-state index contributed by atoms with van der Waals surface area (Å²) in [6, 6.07) is 1.87. The van der Waals surface area contributed by atoms with Gasteiger partial charge in [-0.25, -0.2) is 0 Å². The lowest BCUT2D eigenvalue weighted by molar-refractivity contribution is -0.128. The van der Waals surface area contributed by atoms with Crippen LogP contribution in [-0.2, 0) is 29.7 Å². The second-order valence-corrected chi connectivity index (χ2v) is 8.46. The van der Waals surface area contributed by atoms with Gasteiger partial charge < -0.3 is 26.0 Å². The molecule has 0 radical (unpaired) electrons. The van der Waals surface area contributed by atoms with Gasteiger partial charge in [0, 0.05) is 36.9 Å². The minimum absolute atomic E-state index is 0.105. The molecule has 0 bridgehead atoms. The van der Waals surface area contributed by atoms with Gasteiger partial charge in [0.2, 0.25) is 23.6 Å². The van der Waals surface area contributed by atoms with Crippen molar-refractivity contribution in [3.63, 3.8) is 0 Å². The van der Waals surface area contributed by atoms with E-state index in [4.69, 9.17) is 11.6 Å². The molecule has 1 atom stereocenters. The van der Waals surface area contributed by atoms with E-state index in [2.05, 4.69) is 28.6 Å². The highest BCUT2D eigenvalue weighted by atomic mass is 35.5. The first kappa shape index (κ1) is 30.0. The van der Waals surface area contributed by atoms with Crippen LogP contribution in [0.5, 0.6) is 5.75 Å². The van der Waals surface area contributed by atoms with Gasteiger partial charge in [-0.05, 0) is 43.5 Å². The largest absolute Gasteiger partial charge is 0.506 e. The van der Waals surface area contributed by atoms with Gasteiger partial charge in [-0.3, -0.25) is 24.0 Å². The third-order valence-electron chi connectivity index (χ3n) is 4.90. The van der Waals surface area contributed by atoms with Crippen LogP contribution in [0.2, 0.25) is 5.02 Å². The summed E-state index contributed by atoms with van der Waals surface area (Å²) in [7, 11) is 1.63. The van der Waals surface area contributed by atoms with E-state index in [1.54, 1.807) is 7.05 Å². The summed E-state index contributed by atoms with van der Waals surface area (Å²) in [5, 5.41) is 17.8. The average Bonchev–Trinajstić information content (AvgIpc) is 2.82. The SMILES string of the molecule is CC(NC(=O)CNC(=O)CCCCCN(C)C(=O)/C=C\C=O)C(=O)Nc1cc(Cl)c(CS)cc1O. The molecule has 1 aromatic rings. The molecule has 4 N–H and O–H groups in total. The van der Waals surface area contributed by atoms with E-state index in [0.717, 1.165) is 6.08 Å². The molecular formula is C23H31ClN4O6S. The number of hydrogen-bond donors (Lipinski definition) is 5. The number of phenols is 1. The fraction of sp³-hybridized carbons (Fsp3) is 0.435. The van der Waals surface area contributed by atoms with Crippen LogP contribution < -0.4 is 16.0 Å². The number of benzene rings is 1. The molecule has 0 aliphatic heterocycles. The number of amides is 4. The number of phenolic OH excluding ortho intramolecular Hbond substituents is 1. The number of likely N-dealkylation sites (N-methyl/N-ethyl adjacent to an activating group) is 1. The maximum absolute atomic E-state index is 12.3. The molecule has 1 aromatic carbocycles. The highest BCUT2D eigenvalue weighted by Crippen LogP contribution is 2.31. The number of carbonyl (C=O) groups excluding carboxylic acids is 5. The van der Waals surface area contributed by atoms with E-state index in [9.17, 15) is 29.1 Å². The standard InChI is InChI=1S/C23H31ClN4O6S/c1-15(23(34)27-18-12-17(24)16(14-35)11-19(18)30)26-21(32)13-25-20(31)7-4-3-5-9-28(2)22(33)8-6-10-29/h6,8,10-12,15,30,35H,3-5,7,9,13-14H2,1-2H3,(H,25,31)(H,26,32)(H,27,34)/b8-6-. The summed E-state index contributed by atoms with van der Waals surface area (Å²) in [4.78, 5) is 59.6. The average molecular weight is 527 g/mol. The maximum Gasteiger partial charge on any atom is 0.246 e. The lowest BCUT2D eigenvalue weighted by atomic mass is 10.2. The zero-order valence-corrected chi connectivity index (χ0v) is 21.3. The number of carbonyl (C=O) groups is 5. The first-order valence-corrected chi connectivity index (χ1v) is 12.0. The Morgan fingerprint density at radius 2 is 1.89 bits per heavy atom. The number of thiol groups is 1. The number of nitrogens with zero attached hydrogens (tertiary/aromatic N) is 1. The summed E-state index contributed by atoms with van der Waals surface area (Å²) in [5.41, 5.74) is 0.710. The number of hydrogen-bond acceptors (Lipinski definition) is 7. The molecule has 10 nitrogen and oxygen atoms in total. The highest BCUT2D eigenvalue weighted by Gasteiger charge is 2.18. The lowest BCUT2D eigenvalue weighted by Crippen LogP contribution is -2.45. The van der Waals surface area contributed by atoms with Crippen molar-refractivity contribution in [2.75, 3.05) is 25.5 Å². The summed E-state index contributed by atoms with van der Waals surface area (Å²) in [6.07, 6.45) is 5.05. The van der Waals surface area contributed by atoms with Crippen LogP contribution in [0.4, 0.5) is 5.69 Å². The van der Waals surface area contributed by atoms with E-state index in [1.165, 1.54) is 30.0 Å². The number of rotatable bonds is 14. The van der Waals surface area contributed by atoms with Crippen molar-refractivity contribution >= 4 is 59.8 Å². The third-order valence-corrected chi connectivity index (χ3v) is 5.59. The van der Waals surface area contributed by atoms with E-state index in [1.807, 2.05) is 0 Å². The fourth-order valence-electron chi connectivity index (χ4n) is 2.86. The molecule has 4 amide bonds. The van der Waals surface area contributed by atoms with Crippen molar-refractivity contribution in [3.05, 3.63) is 34.9 Å². The molecule has 12 heteroatoms. The van der Waals surface area contributed by atoms with Gasteiger partial charge in [0.05, 0.1) is 12.2 Å². The Hall–Kier alpha value is -3.05. The van der Waals surface area contributed by atoms with Gasteiger partial charge in [-0.2, -0.15) is 12.6 Å². The number of allylic oxidation sites excluding steroid dienone is 1. The van der Waals surface area contributed by atoms with Gasteiger partial charge >= 0.3 is 0 Å². The summed E-state index contributed by atoms with van der Waals surface area (Å²) in [6.45, 7) is 1.67. The van der Waals surface area contributed by atoms with Gasteiger partial charge in [-0.15, -0.1) is 0 Å². The summed E-state index contributed by atoms with van der Waals surface area (Å²) < 4.78 is 0. The minimum Gasteiger partial charge on any atom is -0.506 e. The van der Waals surface area contributed by atoms with Crippen molar-refractivity contribution in [2.45, 2.75) is 44.4 Å². The smallest absolute Gasteiger partial charge is 0.246 e. The monoisotopic (exact) mass is 526 g/mol. The number of halogens is 1. The number of aromatic hydroxyl groups is 1. The molecule has 1 unspecified atom stereocenters. The molecule has 0 fully saturated rings. The topological polar surface area (TPSA) is 145 Å². The number of anilines is 1. The Morgan fingerprint density at radius 1 is 1.17 bits per heavy atom. The molecule has 1 rings (SSSR count). The molecule has 0 saturated heterocycles. The van der Waals surface area contributed by atoms with Gasteiger partial charge in [0.1, 0.15) is 18.1 Å². The molecule has 0 aromatic heterocycles. The van der Waals surface area contributed by atoms with Crippen LogP contribution in [0.15, 0.2) is 24.3 Å². The summed E-state index contributed by atoms with van der Waals surface area (Å²) >= 11 is 10.2. The van der Waals surface area contributed by atoms with Crippen LogP contribution in [0, 0.1) is 0 Å². The molecule has 0 heterocycles. The highest BCUT2D eigenvalue weighted by molar-refractivity contribution is 7.79. The molecule has 192 valence electrons. The van der Waals surface area contributed by atoms with E-state index in [-0.39, 0.29) is 36.2 Å². The second kappa shape index (κ2) is 15.8. The zero-order chi connectivity index (χ0) is 26.4. The third kappa shape index (κ3) is 11.3. The van der Waals surface area contributed by atoms with Crippen LogP contribution >= 0.6 is 24.2 Å². The number of aldehydes is 1. The summed E-state index contributed by atoms with van der Waals surface area (Å²) in [5.74, 6) is -1.55. The van der Waals surface area contributed by atoms with E-state index in [0.29, 0.717) is 48.4 Å². The Balaban J connectivity index is 2.30. The molecule has 35 heavy (non-hydrogen) atoms. The molecule has 0 spiro atoms. The molecule has 0 saturated carbocycles. The number of nitrogens with one attached hydrogen (secondary N) is 3. The zero-order valence-electron chi connectivity index (χ0n) is 19.7.